The van der Waals surface area contributed by atoms with E-state index in [0.29, 0.717) is 58.7 Å². The molecule has 0 aliphatic carbocycles. The maximum Gasteiger partial charge on any atom is 0.258 e. The highest BCUT2D eigenvalue weighted by Gasteiger charge is 2.31. The highest BCUT2D eigenvalue weighted by molar-refractivity contribution is 6.08. The van der Waals surface area contributed by atoms with E-state index in [1.807, 2.05) is 73.7 Å². The topological polar surface area (TPSA) is 77.7 Å². The van der Waals surface area contributed by atoms with E-state index in [4.69, 9.17) is 13.9 Å². The van der Waals surface area contributed by atoms with Crippen LogP contribution in [0.2, 0.25) is 0 Å². The van der Waals surface area contributed by atoms with E-state index in [9.17, 15) is 9.18 Å². The van der Waals surface area contributed by atoms with Crippen molar-refractivity contribution in [1.82, 2.24) is 9.97 Å². The summed E-state index contributed by atoms with van der Waals surface area (Å²) in [6.45, 7) is 3.15. The molecule has 6 aromatic rings. The molecule has 218 valence electrons. The lowest BCUT2D eigenvalue weighted by Crippen LogP contribution is -2.29. The van der Waals surface area contributed by atoms with Crippen molar-refractivity contribution < 1.29 is 23.1 Å². The number of oxazole rings is 1. The van der Waals surface area contributed by atoms with Gasteiger partial charge < -0.3 is 18.8 Å². The largest absolute Gasteiger partial charge is 0.473 e. The second-order valence-electron chi connectivity index (χ2n) is 10.8. The number of hydrogen-bond donors (Lipinski definition) is 0. The third kappa shape index (κ3) is 5.49. The second kappa shape index (κ2) is 11.6. The van der Waals surface area contributed by atoms with Crippen LogP contribution in [-0.4, -0.2) is 22.4 Å². The summed E-state index contributed by atoms with van der Waals surface area (Å²) in [7, 11) is 0. The Hall–Kier alpha value is -5.50. The normalized spacial score (nSPS) is 14.0. The first kappa shape index (κ1) is 27.3. The van der Waals surface area contributed by atoms with Crippen molar-refractivity contribution >= 4 is 22.7 Å². The van der Waals surface area contributed by atoms with Crippen LogP contribution in [0.1, 0.15) is 39.9 Å². The van der Waals surface area contributed by atoms with Crippen LogP contribution in [-0.2, 0) is 13.2 Å². The first-order valence-electron chi connectivity index (χ1n) is 14.4. The summed E-state index contributed by atoms with van der Waals surface area (Å²) in [5, 5.41) is 0. The fourth-order valence-electron chi connectivity index (χ4n) is 5.39. The molecule has 0 radical (unpaired) electrons. The maximum absolute atomic E-state index is 14.0. The minimum Gasteiger partial charge on any atom is -0.473 e. The molecule has 1 amide bonds. The molecule has 3 heterocycles. The molecule has 2 aromatic heterocycles. The highest BCUT2D eigenvalue weighted by Crippen LogP contribution is 2.38. The number of halogens is 1. The molecule has 0 saturated carbocycles. The average Bonchev–Trinajstić information content (AvgIpc) is 3.63. The van der Waals surface area contributed by atoms with Crippen LogP contribution in [0.5, 0.6) is 11.8 Å². The first-order chi connectivity index (χ1) is 21.5. The number of nitrogens with zero attached hydrogens (tertiary/aromatic N) is 3. The van der Waals surface area contributed by atoms with E-state index in [1.165, 1.54) is 12.1 Å². The van der Waals surface area contributed by atoms with Crippen LogP contribution >= 0.6 is 0 Å². The van der Waals surface area contributed by atoms with Gasteiger partial charge in [0, 0.05) is 24.1 Å². The van der Waals surface area contributed by atoms with Gasteiger partial charge in [0.2, 0.25) is 17.7 Å². The van der Waals surface area contributed by atoms with E-state index >= 15 is 0 Å². The molecule has 1 aliphatic rings. The lowest BCUT2D eigenvalue weighted by atomic mass is 10.0. The smallest absolute Gasteiger partial charge is 0.258 e. The number of ether oxygens (including phenoxy) is 2. The van der Waals surface area contributed by atoms with Crippen molar-refractivity contribution in [3.05, 3.63) is 137 Å². The molecular weight excluding hydrogens is 557 g/mol. The number of aromatic nitrogens is 2. The van der Waals surface area contributed by atoms with E-state index in [2.05, 4.69) is 9.97 Å². The van der Waals surface area contributed by atoms with Gasteiger partial charge in [-0.05, 0) is 53.1 Å². The third-order valence-electron chi connectivity index (χ3n) is 7.66. The number of anilines is 1. The van der Waals surface area contributed by atoms with Crippen LogP contribution in [0.4, 0.5) is 10.1 Å². The van der Waals surface area contributed by atoms with Gasteiger partial charge in [0.1, 0.15) is 24.5 Å². The van der Waals surface area contributed by atoms with Gasteiger partial charge in [-0.25, -0.2) is 9.37 Å². The third-order valence-corrected chi connectivity index (χ3v) is 7.66. The molecule has 44 heavy (non-hydrogen) atoms. The highest BCUT2D eigenvalue weighted by atomic mass is 19.1. The van der Waals surface area contributed by atoms with Crippen LogP contribution in [0.25, 0.3) is 22.6 Å². The lowest BCUT2D eigenvalue weighted by Gasteiger charge is -2.17. The Bertz CT molecular complexity index is 1960. The van der Waals surface area contributed by atoms with Gasteiger partial charge >= 0.3 is 0 Å². The summed E-state index contributed by atoms with van der Waals surface area (Å²) in [4.78, 5) is 24.5. The van der Waals surface area contributed by atoms with Crippen molar-refractivity contribution in [2.24, 2.45) is 0 Å². The van der Waals surface area contributed by atoms with E-state index in [-0.39, 0.29) is 24.2 Å². The van der Waals surface area contributed by atoms with Crippen molar-refractivity contribution in [2.75, 3.05) is 11.4 Å². The number of carbonyl (C=O) groups excluding carboxylic acids is 1. The minimum atomic E-state index is -0.374. The summed E-state index contributed by atoms with van der Waals surface area (Å²) >= 11 is 0. The van der Waals surface area contributed by atoms with Gasteiger partial charge in [0.25, 0.3) is 5.91 Å². The summed E-state index contributed by atoms with van der Waals surface area (Å²) < 4.78 is 32.3. The zero-order valence-electron chi connectivity index (χ0n) is 23.9. The number of amides is 1. The molecule has 0 bridgehead atoms. The van der Waals surface area contributed by atoms with Crippen molar-refractivity contribution in [2.45, 2.75) is 26.1 Å². The standard InChI is InChI=1S/C36H28FN3O4/c1-23-20-40(31-19-27(37)13-14-28(23)31)36(41)26-12-16-30-32(18-26)44-35(38-30)29-15-17-33(42-21-24-8-4-2-5-9-24)39-34(29)43-22-25-10-6-3-7-11-25/h2-19,23H,20-22H2,1H3. The Morgan fingerprint density at radius 3 is 2.34 bits per heavy atom. The zero-order chi connectivity index (χ0) is 30.0. The fourth-order valence-corrected chi connectivity index (χ4v) is 5.39. The van der Waals surface area contributed by atoms with Gasteiger partial charge in [-0.3, -0.25) is 4.79 Å². The molecule has 0 spiro atoms. The zero-order valence-corrected chi connectivity index (χ0v) is 23.9. The van der Waals surface area contributed by atoms with Crippen LogP contribution in [0.15, 0.2) is 114 Å². The Balaban J connectivity index is 1.18. The van der Waals surface area contributed by atoms with Gasteiger partial charge in [-0.2, -0.15) is 4.98 Å². The number of rotatable bonds is 8. The summed E-state index contributed by atoms with van der Waals surface area (Å²) in [6.07, 6.45) is 0. The molecule has 1 aliphatic heterocycles. The predicted octanol–water partition coefficient (Wildman–Crippen LogP) is 7.95. The van der Waals surface area contributed by atoms with Gasteiger partial charge in [-0.1, -0.05) is 73.7 Å². The number of benzene rings is 4. The average molecular weight is 586 g/mol. The SMILES string of the molecule is CC1CN(C(=O)c2ccc3nc(-c4ccc(OCc5ccccc5)nc4OCc4ccccc4)oc3c2)c2cc(F)ccc21. The molecule has 1 atom stereocenters. The molecule has 0 N–H and O–H groups in total. The number of fused-ring (bicyclic) bond motifs is 2. The summed E-state index contributed by atoms with van der Waals surface area (Å²) in [6, 6.07) is 32.9. The van der Waals surface area contributed by atoms with Crippen LogP contribution in [0, 0.1) is 5.82 Å². The van der Waals surface area contributed by atoms with Gasteiger partial charge in [0.05, 0.1) is 11.3 Å². The molecule has 1 unspecified atom stereocenters. The van der Waals surface area contributed by atoms with Crippen LogP contribution in [0.3, 0.4) is 0 Å². The Labute approximate surface area is 253 Å². The molecule has 4 aromatic carbocycles. The predicted molar refractivity (Wildman–Crippen MR) is 165 cm³/mol. The fraction of sp³-hybridized carbons (Fsp3) is 0.139. The Morgan fingerprint density at radius 2 is 1.59 bits per heavy atom. The van der Waals surface area contributed by atoms with Crippen molar-refractivity contribution in [3.63, 3.8) is 0 Å². The molecule has 0 saturated heterocycles. The maximum atomic E-state index is 14.0. The Kier molecular flexibility index (Phi) is 7.24. The molecule has 7 nitrogen and oxygen atoms in total. The van der Waals surface area contributed by atoms with E-state index in [0.717, 1.165) is 16.7 Å². The van der Waals surface area contributed by atoms with Crippen molar-refractivity contribution in [3.8, 4) is 23.2 Å². The monoisotopic (exact) mass is 585 g/mol. The van der Waals surface area contributed by atoms with E-state index < -0.39 is 0 Å². The second-order valence-corrected chi connectivity index (χ2v) is 10.8. The van der Waals surface area contributed by atoms with Gasteiger partial charge in [0.15, 0.2) is 5.58 Å². The molecule has 8 heteroatoms. The number of hydrogen-bond acceptors (Lipinski definition) is 6. The van der Waals surface area contributed by atoms with Gasteiger partial charge in [-0.15, -0.1) is 0 Å². The number of carbonyl (C=O) groups is 1. The quantitative estimate of drug-likeness (QED) is 0.180. The van der Waals surface area contributed by atoms with Crippen LogP contribution < -0.4 is 14.4 Å². The van der Waals surface area contributed by atoms with E-state index in [1.54, 1.807) is 35.2 Å². The Morgan fingerprint density at radius 1 is 0.864 bits per heavy atom. The summed E-state index contributed by atoms with van der Waals surface area (Å²) in [5.41, 5.74) is 5.55. The molecule has 7 rings (SSSR count). The minimum absolute atomic E-state index is 0.108. The molecular formula is C36H28FN3O4. The van der Waals surface area contributed by atoms with Crippen molar-refractivity contribution in [1.29, 1.82) is 0 Å². The lowest BCUT2D eigenvalue weighted by molar-refractivity contribution is 0.0988. The first-order valence-corrected chi connectivity index (χ1v) is 14.4. The number of pyridine rings is 1. The molecule has 0 fully saturated rings. The summed E-state index contributed by atoms with van der Waals surface area (Å²) in [5.74, 6) is 0.526.